The summed E-state index contributed by atoms with van der Waals surface area (Å²) in [6.07, 6.45) is 6.69. The van der Waals surface area contributed by atoms with Gasteiger partial charge in [0.25, 0.3) is 5.56 Å². The van der Waals surface area contributed by atoms with E-state index in [1.54, 1.807) is 10.9 Å². The van der Waals surface area contributed by atoms with E-state index in [0.29, 0.717) is 6.04 Å². The Balaban J connectivity index is 2.04. The molecule has 0 spiro atoms. The predicted molar refractivity (Wildman–Crippen MR) is 95.9 cm³/mol. The van der Waals surface area contributed by atoms with E-state index in [1.165, 1.54) is 0 Å². The van der Waals surface area contributed by atoms with Crippen molar-refractivity contribution in [1.82, 2.24) is 14.3 Å². The van der Waals surface area contributed by atoms with Crippen LogP contribution in [0.2, 0.25) is 0 Å². The molecule has 1 fully saturated rings. The molecule has 0 aliphatic heterocycles. The van der Waals surface area contributed by atoms with Crippen molar-refractivity contribution in [2.24, 2.45) is 12.8 Å². The first-order chi connectivity index (χ1) is 11.6. The molecule has 124 valence electrons. The van der Waals surface area contributed by atoms with E-state index in [0.717, 1.165) is 46.9 Å². The molecule has 0 bridgehead atoms. The van der Waals surface area contributed by atoms with Crippen LogP contribution in [-0.2, 0) is 7.05 Å². The summed E-state index contributed by atoms with van der Waals surface area (Å²) in [7, 11) is 1.88. The zero-order chi connectivity index (χ0) is 16.8. The number of nitrogens with two attached hydrogens (primary N) is 1. The highest BCUT2D eigenvalue weighted by molar-refractivity contribution is 5.96. The minimum atomic E-state index is -0.107. The molecule has 1 aliphatic carbocycles. The zero-order valence-corrected chi connectivity index (χ0v) is 14.1. The fourth-order valence-electron chi connectivity index (χ4n) is 3.40. The smallest absolute Gasteiger partial charge is 0.259 e. The summed E-state index contributed by atoms with van der Waals surface area (Å²) in [4.78, 5) is 13.3. The van der Waals surface area contributed by atoms with Crippen LogP contribution in [0, 0.1) is 0 Å². The van der Waals surface area contributed by atoms with Gasteiger partial charge in [-0.3, -0.25) is 9.48 Å². The highest BCUT2D eigenvalue weighted by Gasteiger charge is 2.29. The van der Waals surface area contributed by atoms with Gasteiger partial charge in [0.05, 0.1) is 11.6 Å². The first kappa shape index (κ1) is 15.1. The van der Waals surface area contributed by atoms with E-state index in [2.05, 4.69) is 18.1 Å². The molecule has 5 nitrogen and oxygen atoms in total. The van der Waals surface area contributed by atoms with Gasteiger partial charge >= 0.3 is 0 Å². The van der Waals surface area contributed by atoms with Crippen LogP contribution in [0.5, 0.6) is 0 Å². The lowest BCUT2D eigenvalue weighted by Crippen LogP contribution is -2.27. The number of rotatable bonds is 4. The van der Waals surface area contributed by atoms with Crippen LogP contribution in [0.15, 0.2) is 41.5 Å². The molecule has 1 aliphatic rings. The molecule has 1 unspecified atom stereocenters. The van der Waals surface area contributed by atoms with Crippen LogP contribution in [0.1, 0.15) is 44.0 Å². The SMILES string of the molecule is CCC(N)c1cc2cccc(-c3cnn(C)c3)c2c(=O)n1C1CC1. The molecular formula is C19H22N4O. The second-order valence-corrected chi connectivity index (χ2v) is 6.66. The Labute approximate surface area is 140 Å². The summed E-state index contributed by atoms with van der Waals surface area (Å²) in [5.74, 6) is 0. The number of nitrogens with zero attached hydrogens (tertiary/aromatic N) is 3. The molecule has 0 saturated heterocycles. The minimum Gasteiger partial charge on any atom is -0.323 e. The first-order valence-corrected chi connectivity index (χ1v) is 8.53. The topological polar surface area (TPSA) is 65.8 Å². The van der Waals surface area contributed by atoms with Gasteiger partial charge in [0, 0.05) is 36.6 Å². The van der Waals surface area contributed by atoms with Crippen molar-refractivity contribution >= 4 is 10.8 Å². The Morgan fingerprint density at radius 1 is 1.38 bits per heavy atom. The summed E-state index contributed by atoms with van der Waals surface area (Å²) in [5.41, 5.74) is 9.25. The molecule has 0 amide bonds. The Bertz CT molecular complexity index is 965. The number of aryl methyl sites for hydroxylation is 1. The molecule has 1 aromatic carbocycles. The average Bonchev–Trinajstić information content (AvgIpc) is 3.33. The van der Waals surface area contributed by atoms with Gasteiger partial charge in [0.15, 0.2) is 0 Å². The minimum absolute atomic E-state index is 0.0772. The van der Waals surface area contributed by atoms with Gasteiger partial charge in [0.2, 0.25) is 0 Å². The van der Waals surface area contributed by atoms with Crippen molar-refractivity contribution < 1.29 is 0 Å². The molecular weight excluding hydrogens is 300 g/mol. The van der Waals surface area contributed by atoms with Crippen molar-refractivity contribution in [1.29, 1.82) is 0 Å². The highest BCUT2D eigenvalue weighted by atomic mass is 16.1. The van der Waals surface area contributed by atoms with E-state index in [1.807, 2.05) is 36.0 Å². The lowest BCUT2D eigenvalue weighted by Gasteiger charge is -2.19. The third-order valence-electron chi connectivity index (χ3n) is 4.86. The Morgan fingerprint density at radius 2 is 2.17 bits per heavy atom. The van der Waals surface area contributed by atoms with Crippen LogP contribution in [0.3, 0.4) is 0 Å². The zero-order valence-electron chi connectivity index (χ0n) is 14.1. The van der Waals surface area contributed by atoms with Gasteiger partial charge in [0.1, 0.15) is 0 Å². The van der Waals surface area contributed by atoms with Crippen molar-refractivity contribution in [3.63, 3.8) is 0 Å². The first-order valence-electron chi connectivity index (χ1n) is 8.53. The number of fused-ring (bicyclic) bond motifs is 1. The average molecular weight is 322 g/mol. The third kappa shape index (κ3) is 2.36. The number of pyridine rings is 1. The molecule has 4 rings (SSSR count). The number of benzene rings is 1. The Hall–Kier alpha value is -2.40. The van der Waals surface area contributed by atoms with Gasteiger partial charge in [-0.2, -0.15) is 5.10 Å². The van der Waals surface area contributed by atoms with E-state index < -0.39 is 0 Å². The highest BCUT2D eigenvalue weighted by Crippen LogP contribution is 2.37. The maximum Gasteiger partial charge on any atom is 0.259 e. The summed E-state index contributed by atoms with van der Waals surface area (Å²) in [6, 6.07) is 8.29. The van der Waals surface area contributed by atoms with Crippen LogP contribution in [0.4, 0.5) is 0 Å². The molecule has 2 aromatic heterocycles. The fourth-order valence-corrected chi connectivity index (χ4v) is 3.40. The van der Waals surface area contributed by atoms with E-state index in [9.17, 15) is 4.79 Å². The molecule has 1 atom stereocenters. The molecule has 5 heteroatoms. The summed E-state index contributed by atoms with van der Waals surface area (Å²) < 4.78 is 3.70. The van der Waals surface area contributed by atoms with E-state index in [-0.39, 0.29) is 11.6 Å². The summed E-state index contributed by atoms with van der Waals surface area (Å²) in [5, 5.41) is 5.97. The van der Waals surface area contributed by atoms with Crippen LogP contribution in [-0.4, -0.2) is 14.3 Å². The molecule has 2 N–H and O–H groups in total. The summed E-state index contributed by atoms with van der Waals surface area (Å²) in [6.45, 7) is 2.06. The van der Waals surface area contributed by atoms with Gasteiger partial charge in [-0.25, -0.2) is 0 Å². The maximum atomic E-state index is 13.3. The van der Waals surface area contributed by atoms with Crippen molar-refractivity contribution in [2.75, 3.05) is 0 Å². The lowest BCUT2D eigenvalue weighted by molar-refractivity contribution is 0.582. The monoisotopic (exact) mass is 322 g/mol. The summed E-state index contributed by atoms with van der Waals surface area (Å²) >= 11 is 0. The van der Waals surface area contributed by atoms with Crippen LogP contribution in [0.25, 0.3) is 21.9 Å². The van der Waals surface area contributed by atoms with Gasteiger partial charge < -0.3 is 10.3 Å². The molecule has 24 heavy (non-hydrogen) atoms. The second-order valence-electron chi connectivity index (χ2n) is 6.66. The van der Waals surface area contributed by atoms with Gasteiger partial charge in [-0.1, -0.05) is 25.1 Å². The van der Waals surface area contributed by atoms with Crippen molar-refractivity contribution in [2.45, 2.75) is 38.3 Å². The van der Waals surface area contributed by atoms with Crippen LogP contribution >= 0.6 is 0 Å². The number of aromatic nitrogens is 3. The van der Waals surface area contributed by atoms with Crippen molar-refractivity contribution in [3.05, 3.63) is 52.7 Å². The quantitative estimate of drug-likeness (QED) is 0.802. The predicted octanol–water partition coefficient (Wildman–Crippen LogP) is 3.15. The molecule has 1 saturated carbocycles. The molecule has 2 heterocycles. The normalized spacial score (nSPS) is 15.8. The largest absolute Gasteiger partial charge is 0.323 e. The Morgan fingerprint density at radius 3 is 2.79 bits per heavy atom. The standard InChI is InChI=1S/C19H22N4O/c1-3-16(20)17-9-12-5-4-6-15(13-10-21-22(2)11-13)18(12)19(24)23(17)14-7-8-14/h4-6,9-11,14,16H,3,7-8,20H2,1-2H3. The Kier molecular flexibility index (Phi) is 3.53. The number of hydrogen-bond donors (Lipinski definition) is 1. The third-order valence-corrected chi connectivity index (χ3v) is 4.86. The van der Waals surface area contributed by atoms with Gasteiger partial charge in [-0.15, -0.1) is 0 Å². The number of hydrogen-bond acceptors (Lipinski definition) is 3. The van der Waals surface area contributed by atoms with Crippen molar-refractivity contribution in [3.8, 4) is 11.1 Å². The fraction of sp³-hybridized carbons (Fsp3) is 0.368. The van der Waals surface area contributed by atoms with E-state index >= 15 is 0 Å². The molecule has 3 aromatic rings. The van der Waals surface area contributed by atoms with Crippen LogP contribution < -0.4 is 11.3 Å². The van der Waals surface area contributed by atoms with Gasteiger partial charge in [-0.05, 0) is 36.3 Å². The van der Waals surface area contributed by atoms with E-state index in [4.69, 9.17) is 5.73 Å². The molecule has 0 radical (unpaired) electrons. The lowest BCUT2D eigenvalue weighted by atomic mass is 9.99. The maximum absolute atomic E-state index is 13.3. The second kappa shape index (κ2) is 5.60.